The van der Waals surface area contributed by atoms with Gasteiger partial charge in [0, 0.05) is 17.8 Å². The van der Waals surface area contributed by atoms with Gasteiger partial charge in [-0.15, -0.1) is 0 Å². The van der Waals surface area contributed by atoms with Gasteiger partial charge in [0.25, 0.3) is 11.6 Å². The number of nitro groups is 1. The third kappa shape index (κ3) is 5.43. The Bertz CT molecular complexity index is 1260. The molecule has 0 saturated carbocycles. The molecule has 0 aliphatic rings. The predicted octanol–water partition coefficient (Wildman–Crippen LogP) is 4.67. The van der Waals surface area contributed by atoms with E-state index < -0.39 is 16.8 Å². The summed E-state index contributed by atoms with van der Waals surface area (Å²) in [5, 5.41) is 22.9. The minimum atomic E-state index is -0.743. The number of non-ortho nitro benzene ring substituents is 1. The van der Waals surface area contributed by atoms with Gasteiger partial charge in [0.05, 0.1) is 10.5 Å². The van der Waals surface area contributed by atoms with Crippen molar-refractivity contribution < 1.29 is 19.2 Å². The molecule has 0 fully saturated rings. The Morgan fingerprint density at radius 3 is 2.44 bits per heavy atom. The number of aryl methyl sites for hydroxylation is 1. The molecule has 3 aromatic carbocycles. The topological polar surface area (TPSA) is 122 Å². The van der Waals surface area contributed by atoms with E-state index in [0.29, 0.717) is 11.3 Å². The zero-order valence-corrected chi connectivity index (χ0v) is 16.9. The average molecular weight is 427 g/mol. The second kappa shape index (κ2) is 9.82. The molecule has 3 aromatic rings. The van der Waals surface area contributed by atoms with Gasteiger partial charge in [0.1, 0.15) is 17.4 Å². The van der Waals surface area contributed by atoms with Crippen LogP contribution in [0.4, 0.5) is 11.4 Å². The predicted molar refractivity (Wildman–Crippen MR) is 118 cm³/mol. The molecule has 0 aliphatic carbocycles. The van der Waals surface area contributed by atoms with Crippen molar-refractivity contribution in [1.82, 2.24) is 0 Å². The molecule has 0 spiro atoms. The Labute approximate surface area is 183 Å². The number of nitriles is 1. The lowest BCUT2D eigenvalue weighted by Gasteiger charge is -2.07. The molecule has 0 atom stereocenters. The van der Waals surface area contributed by atoms with Crippen molar-refractivity contribution >= 4 is 29.3 Å². The first-order valence-electron chi connectivity index (χ1n) is 9.43. The molecular weight excluding hydrogens is 410 g/mol. The first-order valence-corrected chi connectivity index (χ1v) is 9.43. The molecule has 1 N–H and O–H groups in total. The number of nitro benzene ring substituents is 1. The number of para-hydroxylation sites is 1. The lowest BCUT2D eigenvalue weighted by Crippen LogP contribution is -2.14. The second-order valence-electron chi connectivity index (χ2n) is 6.70. The highest BCUT2D eigenvalue weighted by Gasteiger charge is 2.14. The summed E-state index contributed by atoms with van der Waals surface area (Å²) in [6.07, 6.45) is 1.42. The van der Waals surface area contributed by atoms with Gasteiger partial charge in [-0.3, -0.25) is 14.9 Å². The molecular formula is C24H17N3O5. The Morgan fingerprint density at radius 1 is 1.06 bits per heavy atom. The lowest BCUT2D eigenvalue weighted by molar-refractivity contribution is -0.384. The number of carbonyl (C=O) groups excluding carboxylic acids is 2. The minimum absolute atomic E-state index is 0.0443. The average Bonchev–Trinajstić information content (AvgIpc) is 2.80. The minimum Gasteiger partial charge on any atom is -0.423 e. The summed E-state index contributed by atoms with van der Waals surface area (Å²) in [6.45, 7) is 1.85. The smallest absolute Gasteiger partial charge is 0.343 e. The third-order valence-electron chi connectivity index (χ3n) is 4.45. The molecule has 158 valence electrons. The summed E-state index contributed by atoms with van der Waals surface area (Å²) in [5.41, 5.74) is 1.78. The highest BCUT2D eigenvalue weighted by molar-refractivity contribution is 6.10. The van der Waals surface area contributed by atoms with Gasteiger partial charge in [0.15, 0.2) is 0 Å². The fourth-order valence-electron chi connectivity index (χ4n) is 2.76. The molecule has 8 heteroatoms. The molecule has 0 bridgehead atoms. The van der Waals surface area contributed by atoms with Crippen molar-refractivity contribution in [3.05, 3.63) is 105 Å². The number of esters is 1. The van der Waals surface area contributed by atoms with Crippen LogP contribution < -0.4 is 10.1 Å². The van der Waals surface area contributed by atoms with Gasteiger partial charge in [-0.05, 0) is 48.4 Å². The molecule has 0 radical (unpaired) electrons. The number of nitrogens with one attached hydrogen (secondary N) is 1. The summed E-state index contributed by atoms with van der Waals surface area (Å²) in [6, 6.07) is 20.5. The van der Waals surface area contributed by atoms with Crippen LogP contribution in [0.1, 0.15) is 21.5 Å². The number of nitrogens with zero attached hydrogens (tertiary/aromatic N) is 2. The summed E-state index contributed by atoms with van der Waals surface area (Å²) >= 11 is 0. The van der Waals surface area contributed by atoms with Crippen LogP contribution >= 0.6 is 0 Å². The Hall–Kier alpha value is -4.77. The Morgan fingerprint density at radius 2 is 1.78 bits per heavy atom. The van der Waals surface area contributed by atoms with Gasteiger partial charge >= 0.3 is 5.97 Å². The zero-order valence-electron chi connectivity index (χ0n) is 16.9. The molecule has 3 rings (SSSR count). The SMILES string of the molecule is Cc1ccccc1NC(=O)/C(C#N)=C/c1ccc(OC(=O)c2cccc([N+](=O)[O-])c2)cc1. The Balaban J connectivity index is 1.71. The van der Waals surface area contributed by atoms with Crippen molar-refractivity contribution in [3.8, 4) is 11.8 Å². The first-order chi connectivity index (χ1) is 15.4. The van der Waals surface area contributed by atoms with E-state index in [4.69, 9.17) is 4.74 Å². The van der Waals surface area contributed by atoms with Crippen LogP contribution in [0.25, 0.3) is 6.08 Å². The third-order valence-corrected chi connectivity index (χ3v) is 4.45. The molecule has 1 amide bonds. The lowest BCUT2D eigenvalue weighted by atomic mass is 10.1. The Kier molecular flexibility index (Phi) is 6.73. The van der Waals surface area contributed by atoms with E-state index in [9.17, 15) is 25.0 Å². The highest BCUT2D eigenvalue weighted by Crippen LogP contribution is 2.19. The number of hydrogen-bond acceptors (Lipinski definition) is 6. The molecule has 8 nitrogen and oxygen atoms in total. The maximum absolute atomic E-state index is 12.4. The molecule has 0 heterocycles. The number of hydrogen-bond donors (Lipinski definition) is 1. The molecule has 0 aromatic heterocycles. The van der Waals surface area contributed by atoms with E-state index in [1.165, 1.54) is 36.4 Å². The van der Waals surface area contributed by atoms with Crippen LogP contribution in [0.15, 0.2) is 78.4 Å². The van der Waals surface area contributed by atoms with Gasteiger partial charge < -0.3 is 10.1 Å². The van der Waals surface area contributed by atoms with Crippen molar-refractivity contribution in [1.29, 1.82) is 5.26 Å². The molecule has 0 saturated heterocycles. The van der Waals surface area contributed by atoms with Crippen molar-refractivity contribution in [2.75, 3.05) is 5.32 Å². The van der Waals surface area contributed by atoms with Crippen LogP contribution in [-0.4, -0.2) is 16.8 Å². The van der Waals surface area contributed by atoms with E-state index in [0.717, 1.165) is 11.6 Å². The number of rotatable bonds is 6. The van der Waals surface area contributed by atoms with Crippen LogP contribution in [-0.2, 0) is 4.79 Å². The number of ether oxygens (including phenoxy) is 1. The fourth-order valence-corrected chi connectivity index (χ4v) is 2.76. The molecule has 0 unspecified atom stereocenters. The number of amides is 1. The summed E-state index contributed by atoms with van der Waals surface area (Å²) in [7, 11) is 0. The zero-order chi connectivity index (χ0) is 23.1. The van der Waals surface area contributed by atoms with E-state index in [1.54, 1.807) is 24.3 Å². The van der Waals surface area contributed by atoms with E-state index in [2.05, 4.69) is 5.32 Å². The molecule has 0 aliphatic heterocycles. The quantitative estimate of drug-likeness (QED) is 0.152. The standard InChI is InChI=1S/C24H17N3O5/c1-16-5-2-3-8-22(16)26-23(28)19(15-25)13-17-9-11-21(12-10-17)32-24(29)18-6-4-7-20(14-18)27(30)31/h2-14H,1H3,(H,26,28)/b19-13+. The van der Waals surface area contributed by atoms with E-state index in [1.807, 2.05) is 25.1 Å². The highest BCUT2D eigenvalue weighted by atomic mass is 16.6. The largest absolute Gasteiger partial charge is 0.423 e. The first kappa shape index (κ1) is 21.9. The normalized spacial score (nSPS) is 10.7. The van der Waals surface area contributed by atoms with Crippen molar-refractivity contribution in [2.45, 2.75) is 6.92 Å². The number of anilines is 1. The van der Waals surface area contributed by atoms with E-state index in [-0.39, 0.29) is 22.6 Å². The number of benzene rings is 3. The van der Waals surface area contributed by atoms with Gasteiger partial charge in [-0.2, -0.15) is 5.26 Å². The van der Waals surface area contributed by atoms with Gasteiger partial charge in [0.2, 0.25) is 0 Å². The maximum atomic E-state index is 12.4. The number of carbonyl (C=O) groups is 2. The molecule has 32 heavy (non-hydrogen) atoms. The monoisotopic (exact) mass is 427 g/mol. The van der Waals surface area contributed by atoms with Crippen LogP contribution in [0.5, 0.6) is 5.75 Å². The van der Waals surface area contributed by atoms with Crippen molar-refractivity contribution in [2.24, 2.45) is 0 Å². The second-order valence-corrected chi connectivity index (χ2v) is 6.70. The summed E-state index contributed by atoms with van der Waals surface area (Å²) in [5.74, 6) is -1.07. The van der Waals surface area contributed by atoms with Crippen LogP contribution in [0, 0.1) is 28.4 Å². The summed E-state index contributed by atoms with van der Waals surface area (Å²) in [4.78, 5) is 34.9. The van der Waals surface area contributed by atoms with Gasteiger partial charge in [-0.25, -0.2) is 4.79 Å². The van der Waals surface area contributed by atoms with Gasteiger partial charge in [-0.1, -0.05) is 36.4 Å². The van der Waals surface area contributed by atoms with Crippen LogP contribution in [0.3, 0.4) is 0 Å². The fraction of sp³-hybridized carbons (Fsp3) is 0.0417. The van der Waals surface area contributed by atoms with Crippen LogP contribution in [0.2, 0.25) is 0 Å². The van der Waals surface area contributed by atoms with E-state index >= 15 is 0 Å². The van der Waals surface area contributed by atoms with Crippen molar-refractivity contribution in [3.63, 3.8) is 0 Å². The summed E-state index contributed by atoms with van der Waals surface area (Å²) < 4.78 is 5.23. The maximum Gasteiger partial charge on any atom is 0.343 e.